The molecule has 0 saturated heterocycles. The van der Waals surface area contributed by atoms with E-state index in [1.807, 2.05) is 0 Å². The highest BCUT2D eigenvalue weighted by Gasteiger charge is 2.18. The second-order valence-corrected chi connectivity index (χ2v) is 4.96. The summed E-state index contributed by atoms with van der Waals surface area (Å²) in [6.45, 7) is -0.419. The van der Waals surface area contributed by atoms with E-state index in [2.05, 4.69) is 0 Å². The smallest absolute Gasteiger partial charge is 0.264 e. The van der Waals surface area contributed by atoms with Crippen LogP contribution >= 0.6 is 0 Å². The van der Waals surface area contributed by atoms with Gasteiger partial charge in [-0.25, -0.2) is 8.78 Å². The van der Waals surface area contributed by atoms with Crippen molar-refractivity contribution in [1.29, 1.82) is 0 Å². The number of anilines is 1. The van der Waals surface area contributed by atoms with E-state index in [1.54, 1.807) is 6.07 Å². The molecule has 2 rings (SSSR count). The number of benzene rings is 2. The molecule has 0 atom stereocenters. The van der Waals surface area contributed by atoms with Crippen molar-refractivity contribution < 1.29 is 23.1 Å². The van der Waals surface area contributed by atoms with Crippen molar-refractivity contribution in [3.63, 3.8) is 0 Å². The van der Waals surface area contributed by atoms with E-state index in [-0.39, 0.29) is 18.7 Å². The van der Waals surface area contributed by atoms with Gasteiger partial charge in [0.15, 0.2) is 18.2 Å². The molecular formula is C17H16F2N2O3. The predicted molar refractivity (Wildman–Crippen MR) is 84.5 cm³/mol. The van der Waals surface area contributed by atoms with Gasteiger partial charge in [0.2, 0.25) is 5.91 Å². The number of para-hydroxylation sites is 1. The van der Waals surface area contributed by atoms with Gasteiger partial charge in [-0.1, -0.05) is 12.1 Å². The monoisotopic (exact) mass is 334 g/mol. The number of amides is 2. The van der Waals surface area contributed by atoms with Crippen LogP contribution in [0.3, 0.4) is 0 Å². The first-order chi connectivity index (χ1) is 11.5. The fourth-order valence-electron chi connectivity index (χ4n) is 2.02. The van der Waals surface area contributed by atoms with Gasteiger partial charge in [0.25, 0.3) is 5.91 Å². The second kappa shape index (κ2) is 8.05. The Balaban J connectivity index is 2.10. The summed E-state index contributed by atoms with van der Waals surface area (Å²) in [5.74, 6) is -2.18. The minimum atomic E-state index is -0.587. The van der Waals surface area contributed by atoms with Crippen molar-refractivity contribution in [1.82, 2.24) is 0 Å². The Morgan fingerprint density at radius 2 is 1.71 bits per heavy atom. The molecular weight excluding hydrogens is 318 g/mol. The highest BCUT2D eigenvalue weighted by Crippen LogP contribution is 2.18. The van der Waals surface area contributed by atoms with Crippen LogP contribution in [-0.2, 0) is 9.59 Å². The highest BCUT2D eigenvalue weighted by atomic mass is 19.1. The molecule has 126 valence electrons. The Bertz CT molecular complexity index is 720. The van der Waals surface area contributed by atoms with Crippen molar-refractivity contribution in [2.24, 2.45) is 5.73 Å². The van der Waals surface area contributed by atoms with Gasteiger partial charge in [-0.15, -0.1) is 0 Å². The number of rotatable bonds is 7. The molecule has 2 aromatic rings. The number of nitrogens with two attached hydrogens (primary N) is 1. The maximum Gasteiger partial charge on any atom is 0.264 e. The van der Waals surface area contributed by atoms with Crippen molar-refractivity contribution >= 4 is 17.5 Å². The van der Waals surface area contributed by atoms with E-state index >= 15 is 0 Å². The predicted octanol–water partition coefficient (Wildman–Crippen LogP) is 2.25. The van der Waals surface area contributed by atoms with E-state index in [4.69, 9.17) is 10.5 Å². The van der Waals surface area contributed by atoms with Crippen LogP contribution in [0, 0.1) is 11.6 Å². The van der Waals surface area contributed by atoms with Gasteiger partial charge in [-0.2, -0.15) is 0 Å². The molecule has 7 heteroatoms. The summed E-state index contributed by atoms with van der Waals surface area (Å²) in [5, 5.41) is 0. The van der Waals surface area contributed by atoms with Crippen LogP contribution in [0.4, 0.5) is 14.5 Å². The van der Waals surface area contributed by atoms with E-state index in [9.17, 15) is 18.4 Å². The molecule has 2 N–H and O–H groups in total. The van der Waals surface area contributed by atoms with Crippen molar-refractivity contribution in [2.75, 3.05) is 18.1 Å². The Morgan fingerprint density at radius 1 is 1.04 bits per heavy atom. The van der Waals surface area contributed by atoms with Gasteiger partial charge in [-0.05, 0) is 36.4 Å². The first-order valence-electron chi connectivity index (χ1n) is 7.19. The molecule has 0 heterocycles. The highest BCUT2D eigenvalue weighted by molar-refractivity contribution is 5.95. The molecule has 0 fully saturated rings. The van der Waals surface area contributed by atoms with E-state index in [0.717, 1.165) is 0 Å². The first-order valence-corrected chi connectivity index (χ1v) is 7.19. The molecule has 0 saturated carbocycles. The van der Waals surface area contributed by atoms with Crippen molar-refractivity contribution in [3.8, 4) is 5.75 Å². The lowest BCUT2D eigenvalue weighted by Gasteiger charge is -2.22. The Hall–Kier alpha value is -2.96. The molecule has 2 amide bonds. The van der Waals surface area contributed by atoms with E-state index < -0.39 is 30.1 Å². The van der Waals surface area contributed by atoms with Gasteiger partial charge >= 0.3 is 0 Å². The zero-order valence-electron chi connectivity index (χ0n) is 12.7. The standard InChI is InChI=1S/C17H16F2N2O3/c18-12-5-7-13(8-6-12)21(10-9-16(20)22)17(23)11-24-15-4-2-1-3-14(15)19/h1-8H,9-11H2,(H2,20,22). The van der Waals surface area contributed by atoms with Crippen LogP contribution in [0.25, 0.3) is 0 Å². The number of ether oxygens (including phenoxy) is 1. The Kier molecular flexibility index (Phi) is 5.83. The lowest BCUT2D eigenvalue weighted by atomic mass is 10.2. The van der Waals surface area contributed by atoms with Crippen molar-refractivity contribution in [3.05, 3.63) is 60.2 Å². The summed E-state index contributed by atoms with van der Waals surface area (Å²) in [6.07, 6.45) is -0.0667. The summed E-state index contributed by atoms with van der Waals surface area (Å²) < 4.78 is 31.7. The molecule has 24 heavy (non-hydrogen) atoms. The van der Waals surface area contributed by atoms with E-state index in [1.165, 1.54) is 47.4 Å². The minimum Gasteiger partial charge on any atom is -0.481 e. The summed E-state index contributed by atoms with van der Waals surface area (Å²) in [7, 11) is 0. The topological polar surface area (TPSA) is 72.6 Å². The number of carbonyl (C=O) groups is 2. The number of nitrogens with zero attached hydrogens (tertiary/aromatic N) is 1. The summed E-state index contributed by atoms with van der Waals surface area (Å²) in [5.41, 5.74) is 5.50. The van der Waals surface area contributed by atoms with Crippen LogP contribution in [0.5, 0.6) is 5.75 Å². The number of hydrogen-bond acceptors (Lipinski definition) is 3. The number of primary amides is 1. The normalized spacial score (nSPS) is 10.2. The average Bonchev–Trinajstić information content (AvgIpc) is 2.55. The quantitative estimate of drug-likeness (QED) is 0.844. The van der Waals surface area contributed by atoms with Crippen molar-refractivity contribution in [2.45, 2.75) is 6.42 Å². The van der Waals surface area contributed by atoms with Crippen LogP contribution in [-0.4, -0.2) is 25.0 Å². The molecule has 0 bridgehead atoms. The molecule has 0 aliphatic heterocycles. The third-order valence-corrected chi connectivity index (χ3v) is 3.21. The molecule has 0 aromatic heterocycles. The van der Waals surface area contributed by atoms with Gasteiger partial charge in [0.1, 0.15) is 5.82 Å². The fraction of sp³-hybridized carbons (Fsp3) is 0.176. The summed E-state index contributed by atoms with van der Waals surface area (Å²) in [6, 6.07) is 10.9. The van der Waals surface area contributed by atoms with Gasteiger partial charge < -0.3 is 15.4 Å². The van der Waals surface area contributed by atoms with Crippen LogP contribution in [0.2, 0.25) is 0 Å². The number of hydrogen-bond donors (Lipinski definition) is 1. The Labute approximate surface area is 137 Å². The maximum absolute atomic E-state index is 13.5. The van der Waals surface area contributed by atoms with E-state index in [0.29, 0.717) is 5.69 Å². The molecule has 0 aliphatic rings. The van der Waals surface area contributed by atoms with Crippen LogP contribution in [0.15, 0.2) is 48.5 Å². The molecule has 0 aliphatic carbocycles. The van der Waals surface area contributed by atoms with Gasteiger partial charge in [0, 0.05) is 18.7 Å². The SMILES string of the molecule is NC(=O)CCN(C(=O)COc1ccccc1F)c1ccc(F)cc1. The van der Waals surface area contributed by atoms with Crippen LogP contribution < -0.4 is 15.4 Å². The lowest BCUT2D eigenvalue weighted by Crippen LogP contribution is -2.37. The fourth-order valence-corrected chi connectivity index (χ4v) is 2.02. The maximum atomic E-state index is 13.5. The zero-order chi connectivity index (χ0) is 17.5. The lowest BCUT2D eigenvalue weighted by molar-refractivity contribution is -0.120. The minimum absolute atomic E-state index is 0.0143. The van der Waals surface area contributed by atoms with Gasteiger partial charge in [-0.3, -0.25) is 9.59 Å². The third kappa shape index (κ3) is 4.77. The Morgan fingerprint density at radius 3 is 2.33 bits per heavy atom. The van der Waals surface area contributed by atoms with Crippen LogP contribution in [0.1, 0.15) is 6.42 Å². The second-order valence-electron chi connectivity index (χ2n) is 4.96. The molecule has 0 unspecified atom stereocenters. The first kappa shape index (κ1) is 17.4. The summed E-state index contributed by atoms with van der Waals surface area (Å²) in [4.78, 5) is 24.6. The number of carbonyl (C=O) groups excluding carboxylic acids is 2. The average molecular weight is 334 g/mol. The molecule has 2 aromatic carbocycles. The molecule has 0 radical (unpaired) electrons. The largest absolute Gasteiger partial charge is 0.481 e. The van der Waals surface area contributed by atoms with Gasteiger partial charge in [0.05, 0.1) is 0 Å². The zero-order valence-corrected chi connectivity index (χ0v) is 12.7. The summed E-state index contributed by atoms with van der Waals surface area (Å²) >= 11 is 0. The molecule has 0 spiro atoms. The third-order valence-electron chi connectivity index (χ3n) is 3.21. The number of halogens is 2. The molecule has 5 nitrogen and oxygen atoms in total.